The molecule has 7 heteroatoms. The number of aliphatic hydroxyl groups excluding tert-OH is 1. The van der Waals surface area contributed by atoms with Gasteiger partial charge in [0.05, 0.1) is 5.57 Å². The van der Waals surface area contributed by atoms with Crippen molar-refractivity contribution in [1.29, 1.82) is 0 Å². The van der Waals surface area contributed by atoms with Gasteiger partial charge in [-0.15, -0.1) is 0 Å². The van der Waals surface area contributed by atoms with E-state index in [0.717, 1.165) is 10.0 Å². The van der Waals surface area contributed by atoms with E-state index in [9.17, 15) is 9.59 Å². The first-order valence-corrected chi connectivity index (χ1v) is 7.08. The van der Waals surface area contributed by atoms with Gasteiger partial charge in [-0.3, -0.25) is 4.79 Å². The number of carboxylic acids is 1. The number of nitrogens with one attached hydrogen (secondary N) is 1. The van der Waals surface area contributed by atoms with E-state index in [-0.39, 0.29) is 25.5 Å². The van der Waals surface area contributed by atoms with Gasteiger partial charge in [-0.2, -0.15) is 0 Å². The molecule has 1 amide bonds. The summed E-state index contributed by atoms with van der Waals surface area (Å²) in [7, 11) is 0. The van der Waals surface area contributed by atoms with Crippen molar-refractivity contribution in [2.45, 2.75) is 12.5 Å². The fraction of sp³-hybridized carbons (Fsp3) is 0.286. The van der Waals surface area contributed by atoms with Gasteiger partial charge in [0.1, 0.15) is 12.4 Å². The van der Waals surface area contributed by atoms with Crippen LogP contribution in [0.2, 0.25) is 0 Å². The van der Waals surface area contributed by atoms with E-state index in [4.69, 9.17) is 14.9 Å². The predicted molar refractivity (Wildman–Crippen MR) is 78.9 cm³/mol. The summed E-state index contributed by atoms with van der Waals surface area (Å²) in [6.45, 7) is 0.233. The van der Waals surface area contributed by atoms with Crippen molar-refractivity contribution in [2.75, 3.05) is 13.2 Å². The summed E-state index contributed by atoms with van der Waals surface area (Å²) in [6.07, 6.45) is 0.211. The number of aliphatic hydroxyl groups is 1. The van der Waals surface area contributed by atoms with Crippen LogP contribution < -0.4 is 10.1 Å². The molecule has 1 aliphatic heterocycles. The maximum atomic E-state index is 11.9. The Morgan fingerprint density at radius 3 is 2.90 bits per heavy atom. The lowest BCUT2D eigenvalue weighted by Gasteiger charge is -2.18. The molecule has 1 atom stereocenters. The summed E-state index contributed by atoms with van der Waals surface area (Å²) >= 11 is 3.35. The zero-order valence-electron chi connectivity index (χ0n) is 11.0. The zero-order valence-corrected chi connectivity index (χ0v) is 12.6. The van der Waals surface area contributed by atoms with Crippen LogP contribution in [0.5, 0.6) is 5.75 Å². The second kappa shape index (κ2) is 6.73. The maximum absolute atomic E-state index is 11.9. The molecule has 0 aromatic heterocycles. The Balaban J connectivity index is 1.96. The molecule has 6 nitrogen and oxygen atoms in total. The van der Waals surface area contributed by atoms with Gasteiger partial charge in [-0.25, -0.2) is 4.79 Å². The largest absolute Gasteiger partial charge is 0.488 e. The molecule has 3 N–H and O–H groups in total. The summed E-state index contributed by atoms with van der Waals surface area (Å²) in [5, 5.41) is 20.2. The number of hydrogen-bond donors (Lipinski definition) is 3. The summed E-state index contributed by atoms with van der Waals surface area (Å²) in [5.74, 6) is -0.933. The van der Waals surface area contributed by atoms with Crippen LogP contribution in [-0.4, -0.2) is 41.3 Å². The number of carbonyl (C=O) groups is 2. The monoisotopic (exact) mass is 355 g/mol. The Morgan fingerprint density at radius 2 is 2.19 bits per heavy atom. The van der Waals surface area contributed by atoms with Crippen LogP contribution in [0.4, 0.5) is 0 Å². The zero-order chi connectivity index (χ0) is 15.4. The Labute approximate surface area is 129 Å². The van der Waals surface area contributed by atoms with Gasteiger partial charge in [-0.05, 0) is 24.3 Å². The molecule has 21 heavy (non-hydrogen) atoms. The van der Waals surface area contributed by atoms with Crippen LogP contribution >= 0.6 is 15.9 Å². The average Bonchev–Trinajstić information content (AvgIpc) is 2.45. The maximum Gasteiger partial charge on any atom is 0.332 e. The third-order valence-electron chi connectivity index (χ3n) is 2.96. The van der Waals surface area contributed by atoms with Gasteiger partial charge in [-0.1, -0.05) is 15.9 Å². The number of rotatable bonds is 5. The summed E-state index contributed by atoms with van der Waals surface area (Å²) in [5.41, 5.74) is 1.25. The lowest BCUT2D eigenvalue weighted by molar-refractivity contribution is -0.147. The molecule has 1 unspecified atom stereocenters. The second-order valence-electron chi connectivity index (χ2n) is 4.54. The molecular weight excluding hydrogens is 342 g/mol. The minimum Gasteiger partial charge on any atom is -0.488 e. The lowest BCUT2D eigenvalue weighted by atomic mass is 10.1. The van der Waals surface area contributed by atoms with Crippen molar-refractivity contribution in [3.05, 3.63) is 33.8 Å². The van der Waals surface area contributed by atoms with Gasteiger partial charge in [0.25, 0.3) is 5.91 Å². The first-order valence-electron chi connectivity index (χ1n) is 6.29. The SMILES string of the molecule is O=C(NCCC(O)C(=O)O)C1=Cc2cc(Br)ccc2OC1. The minimum atomic E-state index is -1.47. The van der Waals surface area contributed by atoms with Crippen molar-refractivity contribution in [3.63, 3.8) is 0 Å². The summed E-state index contributed by atoms with van der Waals surface area (Å²) in [6, 6.07) is 5.51. The molecule has 0 saturated heterocycles. The van der Waals surface area contributed by atoms with Crippen molar-refractivity contribution in [2.24, 2.45) is 0 Å². The Hall–Kier alpha value is -1.86. The number of benzene rings is 1. The van der Waals surface area contributed by atoms with Crippen LogP contribution in [0.15, 0.2) is 28.2 Å². The second-order valence-corrected chi connectivity index (χ2v) is 5.45. The molecule has 1 aromatic rings. The highest BCUT2D eigenvalue weighted by molar-refractivity contribution is 9.10. The number of amides is 1. The molecule has 1 aliphatic rings. The number of hydrogen-bond acceptors (Lipinski definition) is 4. The quantitative estimate of drug-likeness (QED) is 0.736. The number of ether oxygens (including phenoxy) is 1. The molecule has 0 saturated carbocycles. The standard InChI is InChI=1S/C14H14BrNO5/c15-10-1-2-12-8(6-10)5-9(7-21-12)13(18)16-4-3-11(17)14(19)20/h1-2,5-6,11,17H,3-4,7H2,(H,16,18)(H,19,20). The molecule has 2 rings (SSSR count). The average molecular weight is 356 g/mol. The first-order chi connectivity index (χ1) is 9.97. The Kier molecular flexibility index (Phi) is 4.98. The number of carbonyl (C=O) groups excluding carboxylic acids is 1. The molecule has 0 bridgehead atoms. The van der Waals surface area contributed by atoms with Gasteiger partial charge in [0, 0.05) is 23.0 Å². The van der Waals surface area contributed by atoms with E-state index < -0.39 is 12.1 Å². The third-order valence-corrected chi connectivity index (χ3v) is 3.46. The van der Waals surface area contributed by atoms with E-state index in [1.165, 1.54) is 0 Å². The predicted octanol–water partition coefficient (Wildman–Crippen LogP) is 1.18. The molecule has 0 aliphatic carbocycles. The van der Waals surface area contributed by atoms with Crippen molar-refractivity contribution < 1.29 is 24.5 Å². The van der Waals surface area contributed by atoms with E-state index in [1.54, 1.807) is 6.08 Å². The lowest BCUT2D eigenvalue weighted by Crippen LogP contribution is -2.32. The van der Waals surface area contributed by atoms with Crippen LogP contribution in [0.3, 0.4) is 0 Å². The van der Waals surface area contributed by atoms with Crippen molar-refractivity contribution in [1.82, 2.24) is 5.32 Å². The number of aliphatic carboxylic acids is 1. The Morgan fingerprint density at radius 1 is 1.43 bits per heavy atom. The highest BCUT2D eigenvalue weighted by atomic mass is 79.9. The highest BCUT2D eigenvalue weighted by Crippen LogP contribution is 2.29. The van der Waals surface area contributed by atoms with E-state index in [1.807, 2.05) is 18.2 Å². The van der Waals surface area contributed by atoms with Gasteiger partial charge < -0.3 is 20.3 Å². The number of carboxylic acid groups (broad SMARTS) is 1. The normalized spacial score (nSPS) is 14.5. The van der Waals surface area contributed by atoms with Crippen LogP contribution in [0.25, 0.3) is 6.08 Å². The summed E-state index contributed by atoms with van der Waals surface area (Å²) < 4.78 is 6.37. The Bertz CT molecular complexity index is 599. The van der Waals surface area contributed by atoms with E-state index in [0.29, 0.717) is 11.3 Å². The number of fused-ring (bicyclic) bond motifs is 1. The molecule has 0 spiro atoms. The first kappa shape index (κ1) is 15.5. The van der Waals surface area contributed by atoms with Gasteiger partial charge in [0.15, 0.2) is 6.10 Å². The van der Waals surface area contributed by atoms with Crippen LogP contribution in [0.1, 0.15) is 12.0 Å². The smallest absolute Gasteiger partial charge is 0.332 e. The fourth-order valence-electron chi connectivity index (χ4n) is 1.84. The molecule has 112 valence electrons. The number of halogens is 1. The fourth-order valence-corrected chi connectivity index (χ4v) is 2.22. The van der Waals surface area contributed by atoms with Crippen LogP contribution in [-0.2, 0) is 9.59 Å². The molecule has 0 radical (unpaired) electrons. The van der Waals surface area contributed by atoms with Gasteiger partial charge >= 0.3 is 5.97 Å². The van der Waals surface area contributed by atoms with E-state index in [2.05, 4.69) is 21.2 Å². The highest BCUT2D eigenvalue weighted by Gasteiger charge is 2.18. The van der Waals surface area contributed by atoms with Crippen molar-refractivity contribution >= 4 is 33.9 Å². The van der Waals surface area contributed by atoms with Gasteiger partial charge in [0.2, 0.25) is 0 Å². The van der Waals surface area contributed by atoms with E-state index >= 15 is 0 Å². The minimum absolute atomic E-state index is 0.0443. The molecule has 1 aromatic carbocycles. The molecule has 0 fully saturated rings. The topological polar surface area (TPSA) is 95.9 Å². The third kappa shape index (κ3) is 4.05. The van der Waals surface area contributed by atoms with Crippen LogP contribution in [0, 0.1) is 0 Å². The molecular formula is C14H14BrNO5. The summed E-state index contributed by atoms with van der Waals surface area (Å²) in [4.78, 5) is 22.4. The molecule has 1 heterocycles. The van der Waals surface area contributed by atoms with Crippen molar-refractivity contribution in [3.8, 4) is 5.75 Å².